The van der Waals surface area contributed by atoms with Gasteiger partial charge in [0, 0.05) is 24.3 Å². The number of amides is 1. The topological polar surface area (TPSA) is 92.5 Å². The van der Waals surface area contributed by atoms with E-state index < -0.39 is 16.1 Å². The van der Waals surface area contributed by atoms with Crippen molar-refractivity contribution in [2.45, 2.75) is 37.6 Å². The summed E-state index contributed by atoms with van der Waals surface area (Å²) >= 11 is 0. The van der Waals surface area contributed by atoms with E-state index in [0.29, 0.717) is 18.7 Å². The number of carbonyl (C=O) groups is 1. The van der Waals surface area contributed by atoms with Gasteiger partial charge < -0.3 is 10.6 Å². The molecule has 1 amide bonds. The Bertz CT molecular complexity index is 924. The quantitative estimate of drug-likeness (QED) is 0.745. The van der Waals surface area contributed by atoms with Crippen molar-refractivity contribution in [1.82, 2.24) is 4.72 Å². The molecular weight excluding hydrogens is 362 g/mol. The van der Waals surface area contributed by atoms with E-state index in [1.165, 1.54) is 12.1 Å². The van der Waals surface area contributed by atoms with Crippen molar-refractivity contribution >= 4 is 27.3 Å². The standard InChI is InChI=1S/C20H25N3O3S/c1-14(2)20(17-6-3-4-7-18(17)21)22-27(25,26)16-11-9-15(10-12-16)23-13-5-8-19(23)24/h3-4,6-7,9-12,14,20,22H,5,8,13,21H2,1-2H3. The molecule has 0 bridgehead atoms. The third kappa shape index (κ3) is 4.14. The fourth-order valence-electron chi connectivity index (χ4n) is 3.31. The first-order chi connectivity index (χ1) is 12.8. The van der Waals surface area contributed by atoms with E-state index in [2.05, 4.69) is 4.72 Å². The van der Waals surface area contributed by atoms with Crippen LogP contribution in [0.15, 0.2) is 53.4 Å². The lowest BCUT2D eigenvalue weighted by atomic mass is 9.96. The van der Waals surface area contributed by atoms with Crippen molar-refractivity contribution < 1.29 is 13.2 Å². The molecule has 144 valence electrons. The number of sulfonamides is 1. The molecule has 1 aliphatic rings. The van der Waals surface area contributed by atoms with Gasteiger partial charge in [-0.25, -0.2) is 13.1 Å². The molecule has 6 nitrogen and oxygen atoms in total. The Balaban J connectivity index is 1.84. The average Bonchev–Trinajstić information content (AvgIpc) is 3.06. The minimum atomic E-state index is -3.73. The molecule has 1 atom stereocenters. The van der Waals surface area contributed by atoms with Gasteiger partial charge >= 0.3 is 0 Å². The summed E-state index contributed by atoms with van der Waals surface area (Å²) in [6, 6.07) is 13.3. The van der Waals surface area contributed by atoms with Crippen LogP contribution >= 0.6 is 0 Å². The fraction of sp³-hybridized carbons (Fsp3) is 0.350. The molecule has 1 unspecified atom stereocenters. The number of hydrogen-bond donors (Lipinski definition) is 2. The van der Waals surface area contributed by atoms with Crippen LogP contribution < -0.4 is 15.4 Å². The second-order valence-electron chi connectivity index (χ2n) is 7.11. The second kappa shape index (κ2) is 7.70. The van der Waals surface area contributed by atoms with Gasteiger partial charge in [0.25, 0.3) is 0 Å². The smallest absolute Gasteiger partial charge is 0.241 e. The maximum absolute atomic E-state index is 12.9. The molecular formula is C20H25N3O3S. The van der Waals surface area contributed by atoms with E-state index in [1.807, 2.05) is 32.0 Å². The van der Waals surface area contributed by atoms with Crippen molar-refractivity contribution in [2.75, 3.05) is 17.2 Å². The van der Waals surface area contributed by atoms with Crippen LogP contribution in [0, 0.1) is 5.92 Å². The predicted octanol–water partition coefficient (Wildman–Crippen LogP) is 3.07. The van der Waals surface area contributed by atoms with Crippen LogP contribution in [0.5, 0.6) is 0 Å². The van der Waals surface area contributed by atoms with Crippen molar-refractivity contribution in [1.29, 1.82) is 0 Å². The number of nitrogens with zero attached hydrogens (tertiary/aromatic N) is 1. The molecule has 1 heterocycles. The molecule has 0 saturated carbocycles. The summed E-state index contributed by atoms with van der Waals surface area (Å²) in [6.45, 7) is 4.56. The summed E-state index contributed by atoms with van der Waals surface area (Å²) < 4.78 is 28.6. The lowest BCUT2D eigenvalue weighted by Crippen LogP contribution is -2.32. The highest BCUT2D eigenvalue weighted by Gasteiger charge is 2.26. The summed E-state index contributed by atoms with van der Waals surface area (Å²) in [5.41, 5.74) is 8.09. The number of hydrogen-bond acceptors (Lipinski definition) is 4. The van der Waals surface area contributed by atoms with Crippen LogP contribution in [0.3, 0.4) is 0 Å². The van der Waals surface area contributed by atoms with Gasteiger partial charge in [0.2, 0.25) is 15.9 Å². The molecule has 3 rings (SSSR count). The molecule has 2 aromatic carbocycles. The number of nitrogen functional groups attached to an aromatic ring is 1. The van der Waals surface area contributed by atoms with Crippen LogP contribution in [0.4, 0.5) is 11.4 Å². The Hall–Kier alpha value is -2.38. The maximum Gasteiger partial charge on any atom is 0.241 e. The van der Waals surface area contributed by atoms with E-state index in [1.54, 1.807) is 23.1 Å². The minimum Gasteiger partial charge on any atom is -0.398 e. The van der Waals surface area contributed by atoms with Gasteiger partial charge in [-0.3, -0.25) is 4.79 Å². The lowest BCUT2D eigenvalue weighted by Gasteiger charge is -2.24. The van der Waals surface area contributed by atoms with E-state index in [4.69, 9.17) is 5.73 Å². The molecule has 1 fully saturated rings. The number of carbonyl (C=O) groups excluding carboxylic acids is 1. The van der Waals surface area contributed by atoms with Gasteiger partial charge in [-0.05, 0) is 48.2 Å². The summed E-state index contributed by atoms with van der Waals surface area (Å²) in [5, 5.41) is 0. The largest absolute Gasteiger partial charge is 0.398 e. The van der Waals surface area contributed by atoms with Gasteiger partial charge in [-0.15, -0.1) is 0 Å². The third-order valence-electron chi connectivity index (χ3n) is 4.81. The fourth-order valence-corrected chi connectivity index (χ4v) is 4.68. The van der Waals surface area contributed by atoms with E-state index >= 15 is 0 Å². The number of para-hydroxylation sites is 1. The summed E-state index contributed by atoms with van der Waals surface area (Å²) in [6.07, 6.45) is 1.37. The molecule has 0 aromatic heterocycles. The monoisotopic (exact) mass is 387 g/mol. The third-order valence-corrected chi connectivity index (χ3v) is 6.27. The molecule has 7 heteroatoms. The molecule has 27 heavy (non-hydrogen) atoms. The molecule has 1 saturated heterocycles. The first kappa shape index (κ1) is 19.4. The van der Waals surface area contributed by atoms with E-state index in [9.17, 15) is 13.2 Å². The summed E-state index contributed by atoms with van der Waals surface area (Å²) in [7, 11) is -3.73. The van der Waals surface area contributed by atoms with Crippen molar-refractivity contribution in [3.63, 3.8) is 0 Å². The lowest BCUT2D eigenvalue weighted by molar-refractivity contribution is -0.117. The summed E-state index contributed by atoms with van der Waals surface area (Å²) in [4.78, 5) is 13.7. The predicted molar refractivity (Wildman–Crippen MR) is 107 cm³/mol. The van der Waals surface area contributed by atoms with Crippen LogP contribution in [-0.2, 0) is 14.8 Å². The van der Waals surface area contributed by atoms with Gasteiger partial charge in [0.05, 0.1) is 10.9 Å². The number of benzene rings is 2. The number of nitrogens with one attached hydrogen (secondary N) is 1. The zero-order chi connectivity index (χ0) is 19.6. The Labute approximate surface area is 160 Å². The highest BCUT2D eigenvalue weighted by molar-refractivity contribution is 7.89. The van der Waals surface area contributed by atoms with Crippen LogP contribution in [0.25, 0.3) is 0 Å². The summed E-state index contributed by atoms with van der Waals surface area (Å²) in [5.74, 6) is 0.0918. The van der Waals surface area contributed by atoms with Crippen LogP contribution in [0.1, 0.15) is 38.3 Å². The zero-order valence-corrected chi connectivity index (χ0v) is 16.4. The minimum absolute atomic E-state index is 0.0194. The van der Waals surface area contributed by atoms with E-state index in [-0.39, 0.29) is 16.7 Å². The van der Waals surface area contributed by atoms with E-state index in [0.717, 1.165) is 17.7 Å². The molecule has 0 radical (unpaired) electrons. The first-order valence-corrected chi connectivity index (χ1v) is 10.5. The normalized spacial score (nSPS) is 16.1. The van der Waals surface area contributed by atoms with Gasteiger partial charge in [0.1, 0.15) is 0 Å². The van der Waals surface area contributed by atoms with Crippen LogP contribution in [-0.4, -0.2) is 20.9 Å². The second-order valence-corrected chi connectivity index (χ2v) is 8.83. The molecule has 3 N–H and O–H groups in total. The van der Waals surface area contributed by atoms with Crippen LogP contribution in [0.2, 0.25) is 0 Å². The molecule has 2 aromatic rings. The Kier molecular flexibility index (Phi) is 5.53. The van der Waals surface area contributed by atoms with Crippen molar-refractivity contribution in [3.05, 3.63) is 54.1 Å². The Morgan fingerprint density at radius 1 is 1.07 bits per heavy atom. The molecule has 0 aliphatic carbocycles. The molecule has 1 aliphatic heterocycles. The van der Waals surface area contributed by atoms with Crippen molar-refractivity contribution in [3.8, 4) is 0 Å². The SMILES string of the molecule is CC(C)C(NS(=O)(=O)c1ccc(N2CCCC2=O)cc1)c1ccccc1N. The highest BCUT2D eigenvalue weighted by atomic mass is 32.2. The van der Waals surface area contributed by atoms with Gasteiger partial charge in [-0.2, -0.15) is 0 Å². The highest BCUT2D eigenvalue weighted by Crippen LogP contribution is 2.29. The number of rotatable bonds is 6. The number of anilines is 2. The first-order valence-electron chi connectivity index (χ1n) is 9.07. The van der Waals surface area contributed by atoms with Crippen molar-refractivity contribution in [2.24, 2.45) is 5.92 Å². The maximum atomic E-state index is 12.9. The van der Waals surface area contributed by atoms with Gasteiger partial charge in [-0.1, -0.05) is 32.0 Å². The average molecular weight is 388 g/mol. The van der Waals surface area contributed by atoms with Gasteiger partial charge in [0.15, 0.2) is 0 Å². The Morgan fingerprint density at radius 3 is 2.30 bits per heavy atom. The zero-order valence-electron chi connectivity index (χ0n) is 15.6. The molecule has 0 spiro atoms. The number of nitrogens with two attached hydrogens (primary N) is 1. The Morgan fingerprint density at radius 2 is 1.74 bits per heavy atom.